The second-order valence-electron chi connectivity index (χ2n) is 11.1. The van der Waals surface area contributed by atoms with E-state index in [1.54, 1.807) is 44.3 Å². The quantitative estimate of drug-likeness (QED) is 0.293. The molecule has 1 spiro atoms. The molecule has 1 saturated heterocycles. The number of benzene rings is 1. The zero-order valence-corrected chi connectivity index (χ0v) is 24.4. The van der Waals surface area contributed by atoms with Crippen LogP contribution in [0.1, 0.15) is 49.7 Å². The Morgan fingerprint density at radius 3 is 2.70 bits per heavy atom. The first kappa shape index (κ1) is 29.5. The average Bonchev–Trinajstić information content (AvgIpc) is 2.94. The van der Waals surface area contributed by atoms with Gasteiger partial charge in [0.2, 0.25) is 5.88 Å². The minimum absolute atomic E-state index is 0.0451. The summed E-state index contributed by atoms with van der Waals surface area (Å²) in [5.74, 6) is -0.117. The van der Waals surface area contributed by atoms with Crippen LogP contribution in [0.3, 0.4) is 0 Å². The number of hydrogen-bond acceptors (Lipinski definition) is 9. The first-order valence-corrected chi connectivity index (χ1v) is 14.1. The van der Waals surface area contributed by atoms with Gasteiger partial charge in [0.25, 0.3) is 5.91 Å². The van der Waals surface area contributed by atoms with E-state index in [4.69, 9.17) is 20.6 Å². The summed E-state index contributed by atoms with van der Waals surface area (Å²) < 4.78 is 25.6. The second-order valence-corrected chi connectivity index (χ2v) is 11.1. The fraction of sp³-hybridized carbons (Fsp3) is 0.344. The molecule has 0 bridgehead atoms. The summed E-state index contributed by atoms with van der Waals surface area (Å²) in [5, 5.41) is 20.2. The first-order valence-electron chi connectivity index (χ1n) is 14.1. The number of allylic oxidation sites excluding steroid dienone is 1. The lowest BCUT2D eigenvalue weighted by Crippen LogP contribution is -2.65. The van der Waals surface area contributed by atoms with Gasteiger partial charge in [-0.1, -0.05) is 0 Å². The average molecular weight is 584 g/mol. The van der Waals surface area contributed by atoms with E-state index in [2.05, 4.69) is 26.3 Å². The highest BCUT2D eigenvalue weighted by atomic mass is 19.1. The van der Waals surface area contributed by atoms with E-state index in [9.17, 15) is 14.4 Å². The zero-order chi connectivity index (χ0) is 30.7. The molecular weight excluding hydrogens is 549 g/mol. The standard InChI is InChI=1S/C32H34FN7O3/c1-4-42-31-24(6-5-11-37-31)26-8-10-28(29(39-26)30(41)38-16-25(19(2)35)20(3)36)43-23-13-32(14-23)17-40(18-32)27-9-7-22(33)12-21(27)15-34/h5-12,23,35H,4,13-14,16-18,36H2,1-3H3,(H,38,41)/b25-20-,35-19?. The van der Waals surface area contributed by atoms with Crippen LogP contribution < -0.4 is 25.4 Å². The van der Waals surface area contributed by atoms with Gasteiger partial charge in [0.05, 0.1) is 29.1 Å². The number of nitrogens with zero attached hydrogens (tertiary/aromatic N) is 4. The number of rotatable bonds is 10. The summed E-state index contributed by atoms with van der Waals surface area (Å²) in [5.41, 5.74) is 9.57. The fourth-order valence-corrected chi connectivity index (χ4v) is 5.75. The number of amides is 1. The normalized spacial score (nSPS) is 15.9. The number of pyridine rings is 2. The Bertz CT molecular complexity index is 1630. The van der Waals surface area contributed by atoms with E-state index >= 15 is 0 Å². The Hall–Kier alpha value is -4.98. The molecule has 1 aliphatic carbocycles. The minimum Gasteiger partial charge on any atom is -0.488 e. The van der Waals surface area contributed by atoms with Crippen molar-refractivity contribution in [3.63, 3.8) is 0 Å². The van der Waals surface area contributed by atoms with Gasteiger partial charge in [-0.15, -0.1) is 0 Å². The molecule has 1 saturated carbocycles. The van der Waals surface area contributed by atoms with Crippen molar-refractivity contribution in [3.05, 3.63) is 77.0 Å². The Balaban J connectivity index is 1.33. The number of nitrogens with two attached hydrogens (primary N) is 1. The van der Waals surface area contributed by atoms with Crippen LogP contribution >= 0.6 is 0 Å². The fourth-order valence-electron chi connectivity index (χ4n) is 5.75. The molecule has 2 fully saturated rings. The van der Waals surface area contributed by atoms with Crippen LogP contribution in [0.2, 0.25) is 0 Å². The third kappa shape index (κ3) is 6.14. The number of ether oxygens (including phenoxy) is 2. The topological polar surface area (TPSA) is 150 Å². The van der Waals surface area contributed by atoms with Crippen molar-refractivity contribution < 1.29 is 18.7 Å². The molecule has 1 aromatic carbocycles. The molecule has 3 aromatic rings. The number of nitriles is 1. The number of carbonyl (C=O) groups is 1. The molecule has 11 heteroatoms. The Labute approximate surface area is 249 Å². The van der Waals surface area contributed by atoms with Crippen LogP contribution in [-0.2, 0) is 0 Å². The van der Waals surface area contributed by atoms with E-state index in [1.807, 2.05) is 13.0 Å². The number of anilines is 1. The summed E-state index contributed by atoms with van der Waals surface area (Å²) >= 11 is 0. The third-order valence-electron chi connectivity index (χ3n) is 7.84. The Kier molecular flexibility index (Phi) is 8.30. The molecule has 0 radical (unpaired) electrons. The molecule has 2 aliphatic rings. The molecule has 5 rings (SSSR count). The van der Waals surface area contributed by atoms with Crippen LogP contribution in [0.4, 0.5) is 10.1 Å². The smallest absolute Gasteiger partial charge is 0.274 e. The molecule has 43 heavy (non-hydrogen) atoms. The van der Waals surface area contributed by atoms with Crippen LogP contribution in [0.15, 0.2) is 59.9 Å². The largest absolute Gasteiger partial charge is 0.488 e. The van der Waals surface area contributed by atoms with Gasteiger partial charge >= 0.3 is 0 Å². The number of carbonyl (C=O) groups excluding carboxylic acids is 1. The summed E-state index contributed by atoms with van der Waals surface area (Å²) in [6.07, 6.45) is 3.07. The van der Waals surface area contributed by atoms with E-state index in [1.165, 1.54) is 12.1 Å². The van der Waals surface area contributed by atoms with Crippen molar-refractivity contribution in [1.82, 2.24) is 15.3 Å². The van der Waals surface area contributed by atoms with Crippen LogP contribution in [0.25, 0.3) is 11.3 Å². The zero-order valence-electron chi connectivity index (χ0n) is 24.4. The predicted molar refractivity (Wildman–Crippen MR) is 161 cm³/mol. The first-order chi connectivity index (χ1) is 20.6. The van der Waals surface area contributed by atoms with Crippen LogP contribution in [0, 0.1) is 28.0 Å². The predicted octanol–water partition coefficient (Wildman–Crippen LogP) is 4.60. The molecular formula is C32H34FN7O3. The number of hydrogen-bond donors (Lipinski definition) is 3. The highest BCUT2D eigenvalue weighted by Crippen LogP contribution is 2.51. The monoisotopic (exact) mass is 583 g/mol. The van der Waals surface area contributed by atoms with E-state index in [0.29, 0.717) is 46.3 Å². The molecule has 4 N–H and O–H groups in total. The lowest BCUT2D eigenvalue weighted by Gasteiger charge is -2.59. The second kappa shape index (κ2) is 12.1. The molecule has 1 amide bonds. The van der Waals surface area contributed by atoms with E-state index in [0.717, 1.165) is 31.6 Å². The molecule has 2 aromatic heterocycles. The van der Waals surface area contributed by atoms with E-state index in [-0.39, 0.29) is 29.5 Å². The molecule has 0 atom stereocenters. The molecule has 3 heterocycles. The van der Waals surface area contributed by atoms with Crippen molar-refractivity contribution in [1.29, 1.82) is 10.7 Å². The van der Waals surface area contributed by atoms with Crippen LogP contribution in [-0.4, -0.2) is 53.9 Å². The van der Waals surface area contributed by atoms with Crippen molar-refractivity contribution in [3.8, 4) is 29.0 Å². The minimum atomic E-state index is -0.456. The number of nitrogens with one attached hydrogen (secondary N) is 2. The molecule has 1 aliphatic heterocycles. The van der Waals surface area contributed by atoms with Gasteiger partial charge < -0.3 is 30.8 Å². The van der Waals surface area contributed by atoms with Crippen LogP contribution in [0.5, 0.6) is 11.6 Å². The van der Waals surface area contributed by atoms with Gasteiger partial charge in [-0.25, -0.2) is 14.4 Å². The highest BCUT2D eigenvalue weighted by Gasteiger charge is 2.54. The van der Waals surface area contributed by atoms with Gasteiger partial charge in [0, 0.05) is 48.2 Å². The maximum atomic E-state index is 13.6. The Morgan fingerprint density at radius 1 is 1.26 bits per heavy atom. The van der Waals surface area contributed by atoms with Gasteiger partial charge in [-0.3, -0.25) is 4.79 Å². The van der Waals surface area contributed by atoms with Gasteiger partial charge in [-0.2, -0.15) is 5.26 Å². The molecule has 222 valence electrons. The van der Waals surface area contributed by atoms with Gasteiger partial charge in [0.15, 0.2) is 11.4 Å². The maximum absolute atomic E-state index is 13.6. The summed E-state index contributed by atoms with van der Waals surface area (Å²) in [6.45, 7) is 7.17. The number of halogens is 1. The number of aromatic nitrogens is 2. The summed E-state index contributed by atoms with van der Waals surface area (Å²) in [4.78, 5) is 24.6. The third-order valence-corrected chi connectivity index (χ3v) is 7.84. The SMILES string of the molecule is CCOc1ncccc1-c1ccc(OC2CC3(C2)CN(c2ccc(F)cc2C#N)C3)c(C(=O)NC/C(C(C)=N)=C(\C)N)n1. The van der Waals surface area contributed by atoms with Gasteiger partial charge in [0.1, 0.15) is 18.0 Å². The Morgan fingerprint density at radius 2 is 2.02 bits per heavy atom. The van der Waals surface area contributed by atoms with Gasteiger partial charge in [-0.05, 0) is 76.1 Å². The molecule has 10 nitrogen and oxygen atoms in total. The van der Waals surface area contributed by atoms with Crippen molar-refractivity contribution in [2.24, 2.45) is 11.1 Å². The van der Waals surface area contributed by atoms with Crippen molar-refractivity contribution in [2.45, 2.75) is 39.7 Å². The maximum Gasteiger partial charge on any atom is 0.274 e. The van der Waals surface area contributed by atoms with Crippen molar-refractivity contribution >= 4 is 17.3 Å². The lowest BCUT2D eigenvalue weighted by molar-refractivity contribution is -0.0344. The van der Waals surface area contributed by atoms with Crippen molar-refractivity contribution in [2.75, 3.05) is 31.1 Å². The summed E-state index contributed by atoms with van der Waals surface area (Å²) in [7, 11) is 0. The van der Waals surface area contributed by atoms with E-state index < -0.39 is 11.7 Å². The lowest BCUT2D eigenvalue weighted by atomic mass is 9.61. The highest BCUT2D eigenvalue weighted by molar-refractivity contribution is 5.99. The molecule has 0 unspecified atom stereocenters. The summed E-state index contributed by atoms with van der Waals surface area (Å²) in [6, 6.07) is 13.5.